The number of carbonyl (C=O) groups is 1. The lowest BCUT2D eigenvalue weighted by molar-refractivity contribution is -0.253. The molecule has 1 aliphatic rings. The highest BCUT2D eigenvalue weighted by molar-refractivity contribution is 5.77. The van der Waals surface area contributed by atoms with E-state index in [0.717, 1.165) is 0 Å². The van der Waals surface area contributed by atoms with Crippen molar-refractivity contribution >= 4 is 5.91 Å². The van der Waals surface area contributed by atoms with Crippen LogP contribution < -0.4 is 5.32 Å². The number of amides is 1. The van der Waals surface area contributed by atoms with Crippen LogP contribution in [0.15, 0.2) is 0 Å². The maximum absolute atomic E-state index is 11.6. The molecule has 18 heavy (non-hydrogen) atoms. The average molecular weight is 263 g/mol. The molecule has 1 fully saturated rings. The third-order valence-electron chi connectivity index (χ3n) is 2.79. The lowest BCUT2D eigenvalue weighted by atomic mass is 9.96. The summed E-state index contributed by atoms with van der Waals surface area (Å²) in [5.41, 5.74) is -1.16. The van der Waals surface area contributed by atoms with Gasteiger partial charge in [0, 0.05) is 0 Å². The van der Waals surface area contributed by atoms with Crippen LogP contribution in [0.25, 0.3) is 0 Å². The Kier molecular flexibility index (Phi) is 4.68. The number of nitrogens with one attached hydrogen (secondary N) is 1. The lowest BCUT2D eigenvalue weighted by Gasteiger charge is -2.40. The molecule has 5 N–H and O–H groups in total. The maximum Gasteiger partial charge on any atom is 0.223 e. The summed E-state index contributed by atoms with van der Waals surface area (Å²) in [5.74, 6) is -0.467. The van der Waals surface area contributed by atoms with Gasteiger partial charge in [-0.2, -0.15) is 0 Å². The van der Waals surface area contributed by atoms with Gasteiger partial charge in [0.05, 0.1) is 24.2 Å². The van der Waals surface area contributed by atoms with Crippen LogP contribution in [-0.4, -0.2) is 62.6 Å². The van der Waals surface area contributed by atoms with Gasteiger partial charge in [0.25, 0.3) is 0 Å². The molecule has 5 atom stereocenters. The van der Waals surface area contributed by atoms with Crippen LogP contribution in [0.5, 0.6) is 0 Å². The van der Waals surface area contributed by atoms with Crippen LogP contribution in [0.1, 0.15) is 27.2 Å². The lowest BCUT2D eigenvalue weighted by Crippen LogP contribution is -2.62. The van der Waals surface area contributed by atoms with Crippen LogP contribution in [0, 0.1) is 0 Å². The van der Waals surface area contributed by atoms with Crippen LogP contribution in [0.2, 0.25) is 0 Å². The predicted octanol–water partition coefficient (Wildman–Crippen LogP) is -1.91. The first-order valence-corrected chi connectivity index (χ1v) is 5.83. The van der Waals surface area contributed by atoms with E-state index in [0.29, 0.717) is 0 Å². The Bertz CT molecular complexity index is 302. The number of aliphatic hydroxyl groups is 4. The predicted molar refractivity (Wildman–Crippen MR) is 61.4 cm³/mol. The van der Waals surface area contributed by atoms with Gasteiger partial charge in [0.2, 0.25) is 5.91 Å². The minimum Gasteiger partial charge on any atom is -0.390 e. The van der Waals surface area contributed by atoms with Gasteiger partial charge >= 0.3 is 0 Å². The number of rotatable bonds is 3. The van der Waals surface area contributed by atoms with Gasteiger partial charge in [-0.1, -0.05) is 0 Å². The third kappa shape index (κ3) is 3.89. The van der Waals surface area contributed by atoms with Crippen molar-refractivity contribution in [1.82, 2.24) is 5.32 Å². The number of ether oxygens (including phenoxy) is 1. The zero-order valence-corrected chi connectivity index (χ0v) is 10.7. The van der Waals surface area contributed by atoms with E-state index in [-0.39, 0.29) is 6.42 Å². The van der Waals surface area contributed by atoms with Gasteiger partial charge in [-0.15, -0.1) is 0 Å². The molecule has 7 nitrogen and oxygen atoms in total. The minimum atomic E-state index is -1.48. The summed E-state index contributed by atoms with van der Waals surface area (Å²) in [4.78, 5) is 11.6. The Hall–Kier alpha value is -0.730. The summed E-state index contributed by atoms with van der Waals surface area (Å²) >= 11 is 0. The highest BCUT2D eigenvalue weighted by Crippen LogP contribution is 2.20. The van der Waals surface area contributed by atoms with Crippen LogP contribution in [0.3, 0.4) is 0 Å². The molecule has 0 aliphatic carbocycles. The van der Waals surface area contributed by atoms with E-state index < -0.39 is 42.2 Å². The second kappa shape index (κ2) is 5.50. The molecular weight excluding hydrogens is 242 g/mol. The van der Waals surface area contributed by atoms with Crippen molar-refractivity contribution in [3.05, 3.63) is 0 Å². The van der Waals surface area contributed by atoms with Crippen molar-refractivity contribution in [2.45, 2.75) is 63.4 Å². The zero-order chi connectivity index (χ0) is 14.1. The molecule has 106 valence electrons. The van der Waals surface area contributed by atoms with E-state index in [1.165, 1.54) is 13.8 Å². The minimum absolute atomic E-state index is 0.137. The van der Waals surface area contributed by atoms with Gasteiger partial charge in [-0.3, -0.25) is 4.79 Å². The average Bonchev–Trinajstić information content (AvgIpc) is 2.19. The molecule has 0 bridgehead atoms. The van der Waals surface area contributed by atoms with Crippen molar-refractivity contribution in [3.63, 3.8) is 0 Å². The summed E-state index contributed by atoms with van der Waals surface area (Å²) in [6, 6.07) is -0.835. The smallest absolute Gasteiger partial charge is 0.223 e. The summed E-state index contributed by atoms with van der Waals surface area (Å²) in [6.45, 7) is 4.54. The monoisotopic (exact) mass is 263 g/mol. The fraction of sp³-hybridized carbons (Fsp3) is 0.909. The first-order valence-electron chi connectivity index (χ1n) is 5.83. The standard InChI is InChI=1S/C11H21NO6/c1-5-7(8(14)9(15)10(16)18-5)12-6(13)4-11(2,3)17/h5,7-10,14-17H,4H2,1-3H3,(H,12,13)/t5-,7-,8+,9-,10+/m1/s1. The Morgan fingerprint density at radius 2 is 1.83 bits per heavy atom. The van der Waals surface area contributed by atoms with Crippen molar-refractivity contribution in [2.75, 3.05) is 0 Å². The molecule has 1 amide bonds. The fourth-order valence-corrected chi connectivity index (χ4v) is 1.88. The van der Waals surface area contributed by atoms with Gasteiger partial charge in [0.1, 0.15) is 12.2 Å². The van der Waals surface area contributed by atoms with Gasteiger partial charge in [0.15, 0.2) is 6.29 Å². The maximum atomic E-state index is 11.6. The number of hydrogen-bond acceptors (Lipinski definition) is 6. The summed E-state index contributed by atoms with van der Waals surface area (Å²) in [6.07, 6.45) is -5.06. The molecule has 7 heteroatoms. The van der Waals surface area contributed by atoms with Gasteiger partial charge < -0.3 is 30.5 Å². The molecule has 0 spiro atoms. The van der Waals surface area contributed by atoms with Crippen molar-refractivity contribution < 1.29 is 30.0 Å². The SMILES string of the molecule is C[C@H]1O[C@H](O)[C@H](O)[C@@H](O)[C@@H]1NC(=O)CC(C)(C)O. The van der Waals surface area contributed by atoms with Gasteiger partial charge in [-0.25, -0.2) is 0 Å². The van der Waals surface area contributed by atoms with Gasteiger partial charge in [-0.05, 0) is 20.8 Å². The Labute approximate surface area is 105 Å². The van der Waals surface area contributed by atoms with E-state index in [1.807, 2.05) is 0 Å². The second-order valence-corrected chi connectivity index (χ2v) is 5.30. The molecule has 1 saturated heterocycles. The van der Waals surface area contributed by atoms with Crippen molar-refractivity contribution in [2.24, 2.45) is 0 Å². The largest absolute Gasteiger partial charge is 0.390 e. The topological polar surface area (TPSA) is 119 Å². The van der Waals surface area contributed by atoms with E-state index in [1.54, 1.807) is 6.92 Å². The van der Waals surface area contributed by atoms with Crippen LogP contribution in [-0.2, 0) is 9.53 Å². The second-order valence-electron chi connectivity index (χ2n) is 5.30. The molecule has 0 aromatic heterocycles. The molecule has 0 unspecified atom stereocenters. The van der Waals surface area contributed by atoms with E-state index in [9.17, 15) is 25.2 Å². The Morgan fingerprint density at radius 1 is 1.28 bits per heavy atom. The number of hydrogen-bond donors (Lipinski definition) is 5. The summed E-state index contributed by atoms with van der Waals surface area (Å²) < 4.78 is 4.98. The van der Waals surface area contributed by atoms with Crippen LogP contribution in [0.4, 0.5) is 0 Å². The molecule has 0 saturated carbocycles. The molecule has 0 aromatic rings. The zero-order valence-electron chi connectivity index (χ0n) is 10.7. The molecule has 1 rings (SSSR count). The quantitative estimate of drug-likeness (QED) is 0.405. The van der Waals surface area contributed by atoms with Crippen LogP contribution >= 0.6 is 0 Å². The van der Waals surface area contributed by atoms with E-state index in [4.69, 9.17) is 4.74 Å². The van der Waals surface area contributed by atoms with E-state index in [2.05, 4.69) is 5.32 Å². The fourth-order valence-electron chi connectivity index (χ4n) is 1.88. The molecule has 1 heterocycles. The normalized spacial score (nSPS) is 37.4. The highest BCUT2D eigenvalue weighted by atomic mass is 16.6. The summed E-state index contributed by atoms with van der Waals surface area (Å²) in [7, 11) is 0. The first-order chi connectivity index (χ1) is 8.11. The number of carbonyl (C=O) groups excluding carboxylic acids is 1. The summed E-state index contributed by atoms with van der Waals surface area (Å²) in [5, 5.41) is 40.5. The Balaban J connectivity index is 2.62. The molecule has 1 aliphatic heterocycles. The third-order valence-corrected chi connectivity index (χ3v) is 2.79. The van der Waals surface area contributed by atoms with Crippen molar-refractivity contribution in [3.8, 4) is 0 Å². The molecule has 0 radical (unpaired) electrons. The highest BCUT2D eigenvalue weighted by Gasteiger charge is 2.42. The van der Waals surface area contributed by atoms with E-state index >= 15 is 0 Å². The Morgan fingerprint density at radius 3 is 2.33 bits per heavy atom. The number of aliphatic hydroxyl groups excluding tert-OH is 3. The van der Waals surface area contributed by atoms with Crippen molar-refractivity contribution in [1.29, 1.82) is 0 Å². The molecule has 0 aromatic carbocycles. The molecular formula is C11H21NO6. The first kappa shape index (κ1) is 15.3.